The Morgan fingerprint density at radius 2 is 1.84 bits per heavy atom. The molecule has 2 aromatic rings. The number of amides is 2. The normalized spacial score (nSPS) is 19.3. The van der Waals surface area contributed by atoms with Gasteiger partial charge in [-0.25, -0.2) is 0 Å². The minimum absolute atomic E-state index is 0.0330. The molecule has 2 aliphatic heterocycles. The minimum Gasteiger partial charge on any atom is -0.497 e. The van der Waals surface area contributed by atoms with Crippen LogP contribution < -0.4 is 19.9 Å². The highest BCUT2D eigenvalue weighted by Gasteiger charge is 2.32. The summed E-state index contributed by atoms with van der Waals surface area (Å²) in [6.45, 7) is 6.04. The lowest BCUT2D eigenvalue weighted by atomic mass is 9.96. The highest BCUT2D eigenvalue weighted by molar-refractivity contribution is 7.09. The smallest absolute Gasteiger partial charge is 0.243 e. The van der Waals surface area contributed by atoms with Crippen LogP contribution in [0.5, 0.6) is 5.75 Å². The van der Waals surface area contributed by atoms with E-state index in [2.05, 4.69) is 36.6 Å². The van der Waals surface area contributed by atoms with E-state index in [-0.39, 0.29) is 17.7 Å². The maximum atomic E-state index is 13.2. The molecule has 2 amide bonds. The quantitative estimate of drug-likeness (QED) is 0.755. The Balaban J connectivity index is 1.32. The predicted molar refractivity (Wildman–Crippen MR) is 121 cm³/mol. The average molecular weight is 445 g/mol. The van der Waals surface area contributed by atoms with E-state index in [9.17, 15) is 9.59 Å². The van der Waals surface area contributed by atoms with Crippen molar-refractivity contribution in [3.63, 3.8) is 0 Å². The molecule has 3 heterocycles. The lowest BCUT2D eigenvalue weighted by Crippen LogP contribution is -2.52. The Morgan fingerprint density at radius 3 is 2.52 bits per heavy atom. The van der Waals surface area contributed by atoms with Crippen LogP contribution in [-0.4, -0.2) is 72.5 Å². The first kappa shape index (κ1) is 21.4. The second-order valence-electron chi connectivity index (χ2n) is 7.88. The summed E-state index contributed by atoms with van der Waals surface area (Å²) in [6.07, 6.45) is 1.84. The van der Waals surface area contributed by atoms with Gasteiger partial charge in [-0.3, -0.25) is 14.9 Å². The number of carbonyl (C=O) groups is 2. The molecule has 4 rings (SSSR count). The maximum absolute atomic E-state index is 13.2. The van der Waals surface area contributed by atoms with Crippen LogP contribution in [0, 0.1) is 5.92 Å². The van der Waals surface area contributed by atoms with E-state index in [0.717, 1.165) is 62.1 Å². The van der Waals surface area contributed by atoms with E-state index in [1.165, 1.54) is 18.5 Å². The highest BCUT2D eigenvalue weighted by Crippen LogP contribution is 2.28. The molecule has 166 valence electrons. The molecule has 0 bridgehead atoms. The zero-order chi connectivity index (χ0) is 21.8. The van der Waals surface area contributed by atoms with Gasteiger partial charge in [0, 0.05) is 63.4 Å². The summed E-state index contributed by atoms with van der Waals surface area (Å²) in [5.41, 5.74) is 1.16. The van der Waals surface area contributed by atoms with Crippen molar-refractivity contribution in [1.82, 2.24) is 14.3 Å². The Morgan fingerprint density at radius 1 is 1.10 bits per heavy atom. The molecular formula is C21H28N6O3S. The van der Waals surface area contributed by atoms with Crippen molar-refractivity contribution >= 4 is 40.1 Å². The number of aromatic nitrogens is 2. The molecule has 0 spiro atoms. The van der Waals surface area contributed by atoms with Crippen LogP contribution in [0.1, 0.15) is 19.8 Å². The predicted octanol–water partition coefficient (Wildman–Crippen LogP) is 2.07. The zero-order valence-electron chi connectivity index (χ0n) is 17.9. The molecule has 0 radical (unpaired) electrons. The van der Waals surface area contributed by atoms with Gasteiger partial charge in [0.05, 0.1) is 13.0 Å². The molecule has 2 saturated heterocycles. The molecule has 0 saturated carbocycles. The van der Waals surface area contributed by atoms with Crippen LogP contribution in [0.3, 0.4) is 0 Å². The van der Waals surface area contributed by atoms with Crippen LogP contribution in [0.15, 0.2) is 24.3 Å². The Labute approximate surface area is 186 Å². The van der Waals surface area contributed by atoms with Gasteiger partial charge in [-0.05, 0) is 37.1 Å². The van der Waals surface area contributed by atoms with Crippen LogP contribution >= 0.6 is 11.5 Å². The third-order valence-corrected chi connectivity index (χ3v) is 6.55. The van der Waals surface area contributed by atoms with Gasteiger partial charge in [-0.15, -0.1) is 0 Å². The molecule has 2 aliphatic rings. The average Bonchev–Trinajstić information content (AvgIpc) is 3.27. The Kier molecular flexibility index (Phi) is 6.55. The van der Waals surface area contributed by atoms with E-state index in [4.69, 9.17) is 4.74 Å². The summed E-state index contributed by atoms with van der Waals surface area (Å²) in [7, 11) is 1.67. The number of piperidine rings is 1. The number of piperazine rings is 1. The second kappa shape index (κ2) is 9.51. The first-order valence-corrected chi connectivity index (χ1v) is 11.3. The topological polar surface area (TPSA) is 90.9 Å². The third kappa shape index (κ3) is 5.07. The molecule has 31 heavy (non-hydrogen) atoms. The molecule has 1 atom stereocenters. The molecule has 1 aromatic heterocycles. The zero-order valence-corrected chi connectivity index (χ0v) is 18.7. The van der Waals surface area contributed by atoms with Crippen molar-refractivity contribution in [2.45, 2.75) is 19.8 Å². The van der Waals surface area contributed by atoms with Gasteiger partial charge in [0.25, 0.3) is 0 Å². The summed E-state index contributed by atoms with van der Waals surface area (Å²) in [5.74, 6) is 1.18. The van der Waals surface area contributed by atoms with E-state index >= 15 is 0 Å². The van der Waals surface area contributed by atoms with Gasteiger partial charge < -0.3 is 19.4 Å². The largest absolute Gasteiger partial charge is 0.497 e. The standard InChI is InChI=1S/C21H28N6O3S/c1-15(28)22-20-23-21(31-24-20)27-9-3-4-16(14-27)19(29)26-12-10-25(11-13-26)17-5-7-18(30-2)8-6-17/h5-8,16H,3-4,9-14H2,1-2H3,(H,22,24,28). The van der Waals surface area contributed by atoms with Gasteiger partial charge in [0.2, 0.25) is 22.9 Å². The Hall–Kier alpha value is -2.88. The number of carbonyl (C=O) groups excluding carboxylic acids is 2. The second-order valence-corrected chi connectivity index (χ2v) is 8.61. The molecule has 9 nitrogen and oxygen atoms in total. The van der Waals surface area contributed by atoms with E-state index in [1.807, 2.05) is 17.0 Å². The van der Waals surface area contributed by atoms with Gasteiger partial charge in [0.1, 0.15) is 5.75 Å². The SMILES string of the molecule is COc1ccc(N2CCN(C(=O)C3CCCN(c4nc(NC(C)=O)ns4)C3)CC2)cc1. The lowest BCUT2D eigenvalue weighted by molar-refractivity contribution is -0.136. The minimum atomic E-state index is -0.190. The van der Waals surface area contributed by atoms with Crippen molar-refractivity contribution in [2.24, 2.45) is 5.92 Å². The fraction of sp³-hybridized carbons (Fsp3) is 0.524. The van der Waals surface area contributed by atoms with E-state index in [1.54, 1.807) is 7.11 Å². The monoisotopic (exact) mass is 444 g/mol. The first-order valence-electron chi connectivity index (χ1n) is 10.6. The number of hydrogen-bond donors (Lipinski definition) is 1. The van der Waals surface area contributed by atoms with Crippen molar-refractivity contribution < 1.29 is 14.3 Å². The van der Waals surface area contributed by atoms with Crippen molar-refractivity contribution in [2.75, 3.05) is 61.5 Å². The van der Waals surface area contributed by atoms with Gasteiger partial charge >= 0.3 is 0 Å². The number of methoxy groups -OCH3 is 1. The number of ether oxygens (including phenoxy) is 1. The maximum Gasteiger partial charge on any atom is 0.243 e. The van der Waals surface area contributed by atoms with Crippen molar-refractivity contribution in [3.05, 3.63) is 24.3 Å². The fourth-order valence-electron chi connectivity index (χ4n) is 4.14. The molecule has 1 aromatic carbocycles. The van der Waals surface area contributed by atoms with Gasteiger partial charge in [-0.2, -0.15) is 9.36 Å². The number of nitrogens with zero attached hydrogens (tertiary/aromatic N) is 5. The van der Waals surface area contributed by atoms with Crippen LogP contribution in [0.25, 0.3) is 0 Å². The highest BCUT2D eigenvalue weighted by atomic mass is 32.1. The molecule has 2 fully saturated rings. The molecule has 10 heteroatoms. The van der Waals surface area contributed by atoms with E-state index in [0.29, 0.717) is 12.5 Å². The molecule has 0 aliphatic carbocycles. The number of anilines is 3. The van der Waals surface area contributed by atoms with E-state index < -0.39 is 0 Å². The fourth-order valence-corrected chi connectivity index (χ4v) is 4.80. The number of rotatable bonds is 5. The summed E-state index contributed by atoms with van der Waals surface area (Å²) in [4.78, 5) is 35.2. The number of nitrogens with one attached hydrogen (secondary N) is 1. The number of hydrogen-bond acceptors (Lipinski definition) is 8. The molecule has 1 N–H and O–H groups in total. The summed E-state index contributed by atoms with van der Waals surface area (Å²) in [6, 6.07) is 8.06. The van der Waals surface area contributed by atoms with Crippen molar-refractivity contribution in [3.8, 4) is 5.75 Å². The Bertz CT molecular complexity index is 910. The molecule has 1 unspecified atom stereocenters. The van der Waals surface area contributed by atoms with Crippen LogP contribution in [0.4, 0.5) is 16.8 Å². The lowest BCUT2D eigenvalue weighted by Gasteiger charge is -2.39. The molecular weight excluding hydrogens is 416 g/mol. The summed E-state index contributed by atoms with van der Waals surface area (Å²) >= 11 is 1.26. The van der Waals surface area contributed by atoms with Gasteiger partial charge in [-0.1, -0.05) is 0 Å². The number of benzene rings is 1. The third-order valence-electron chi connectivity index (χ3n) is 5.77. The summed E-state index contributed by atoms with van der Waals surface area (Å²) < 4.78 is 9.42. The first-order chi connectivity index (χ1) is 15.0. The summed E-state index contributed by atoms with van der Waals surface area (Å²) in [5, 5.41) is 3.36. The van der Waals surface area contributed by atoms with Crippen LogP contribution in [-0.2, 0) is 9.59 Å². The van der Waals surface area contributed by atoms with Gasteiger partial charge in [0.15, 0.2) is 0 Å². The van der Waals surface area contributed by atoms with Crippen molar-refractivity contribution in [1.29, 1.82) is 0 Å². The van der Waals surface area contributed by atoms with Crippen LogP contribution in [0.2, 0.25) is 0 Å².